The molecule has 1 fully saturated rings. The van der Waals surface area contributed by atoms with Crippen molar-refractivity contribution in [1.29, 1.82) is 0 Å². The maximum absolute atomic E-state index is 13.3. The van der Waals surface area contributed by atoms with Crippen LogP contribution in [0.5, 0.6) is 11.5 Å². The predicted molar refractivity (Wildman–Crippen MR) is 136 cm³/mol. The molecule has 7 nitrogen and oxygen atoms in total. The molecule has 1 atom stereocenters. The number of ketones is 1. The first-order valence-corrected chi connectivity index (χ1v) is 11.5. The number of carbonyl (C=O) groups is 3. The van der Waals surface area contributed by atoms with E-state index in [1.807, 2.05) is 26.0 Å². The van der Waals surface area contributed by atoms with Crippen molar-refractivity contribution in [2.75, 3.05) is 12.0 Å². The normalized spacial score (nSPS) is 16.8. The number of nitrogens with zero attached hydrogens (tertiary/aromatic N) is 1. The number of aryl methyl sites for hydroxylation is 2. The SMILES string of the molecule is COc1ccc(/C(O)=C2\C(=O)C(=O)N(c3ccc(C)c(C)c3)C2c2ccc(OC(C)=O)cc2)cc1Cl. The molecule has 3 aromatic rings. The second-order valence-electron chi connectivity index (χ2n) is 8.45. The van der Waals surface area contributed by atoms with Gasteiger partial charge in [0.25, 0.3) is 11.7 Å². The van der Waals surface area contributed by atoms with Crippen molar-refractivity contribution in [2.45, 2.75) is 26.8 Å². The summed E-state index contributed by atoms with van der Waals surface area (Å²) in [7, 11) is 1.47. The Morgan fingerprint density at radius 1 is 0.972 bits per heavy atom. The zero-order valence-corrected chi connectivity index (χ0v) is 20.9. The number of methoxy groups -OCH3 is 1. The summed E-state index contributed by atoms with van der Waals surface area (Å²) in [5.74, 6) is -1.71. The number of hydrogen-bond donors (Lipinski definition) is 1. The zero-order chi connectivity index (χ0) is 26.1. The van der Waals surface area contributed by atoms with Gasteiger partial charge in [0.15, 0.2) is 0 Å². The molecule has 4 rings (SSSR count). The Labute approximate surface area is 213 Å². The quantitative estimate of drug-likeness (QED) is 0.161. The van der Waals surface area contributed by atoms with Gasteiger partial charge in [-0.05, 0) is 73.0 Å². The Morgan fingerprint density at radius 3 is 2.25 bits per heavy atom. The molecule has 0 saturated carbocycles. The summed E-state index contributed by atoms with van der Waals surface area (Å²) in [6.07, 6.45) is 0. The lowest BCUT2D eigenvalue weighted by molar-refractivity contribution is -0.132. The highest BCUT2D eigenvalue weighted by molar-refractivity contribution is 6.51. The predicted octanol–water partition coefficient (Wildman–Crippen LogP) is 5.52. The smallest absolute Gasteiger partial charge is 0.308 e. The molecule has 0 aromatic heterocycles. The van der Waals surface area contributed by atoms with E-state index in [0.717, 1.165) is 11.1 Å². The van der Waals surface area contributed by atoms with E-state index in [2.05, 4.69) is 0 Å². The van der Waals surface area contributed by atoms with Crippen molar-refractivity contribution in [3.05, 3.63) is 93.5 Å². The summed E-state index contributed by atoms with van der Waals surface area (Å²) < 4.78 is 10.3. The molecular formula is C28H24ClNO6. The molecule has 1 saturated heterocycles. The number of ether oxygens (including phenoxy) is 2. The van der Waals surface area contributed by atoms with E-state index in [9.17, 15) is 19.5 Å². The first kappa shape index (κ1) is 25.0. The van der Waals surface area contributed by atoms with Gasteiger partial charge in [0.05, 0.1) is 23.7 Å². The third kappa shape index (κ3) is 4.57. The Balaban J connectivity index is 1.91. The number of rotatable bonds is 5. The average Bonchev–Trinajstić information content (AvgIpc) is 3.11. The van der Waals surface area contributed by atoms with E-state index >= 15 is 0 Å². The third-order valence-corrected chi connectivity index (χ3v) is 6.39. The van der Waals surface area contributed by atoms with Gasteiger partial charge in [-0.2, -0.15) is 0 Å². The minimum absolute atomic E-state index is 0.0836. The van der Waals surface area contributed by atoms with Crippen LogP contribution in [0, 0.1) is 13.8 Å². The summed E-state index contributed by atoms with van der Waals surface area (Å²) in [6.45, 7) is 5.16. The number of benzene rings is 3. The molecule has 1 heterocycles. The second-order valence-corrected chi connectivity index (χ2v) is 8.86. The van der Waals surface area contributed by atoms with E-state index in [1.165, 1.54) is 25.0 Å². The topological polar surface area (TPSA) is 93.1 Å². The van der Waals surface area contributed by atoms with Crippen molar-refractivity contribution < 1.29 is 29.0 Å². The molecule has 1 amide bonds. The van der Waals surface area contributed by atoms with Gasteiger partial charge in [-0.3, -0.25) is 19.3 Å². The molecule has 0 radical (unpaired) electrons. The molecule has 1 aliphatic heterocycles. The molecule has 0 spiro atoms. The second kappa shape index (κ2) is 9.87. The highest BCUT2D eigenvalue weighted by Gasteiger charge is 2.47. The van der Waals surface area contributed by atoms with E-state index in [4.69, 9.17) is 21.1 Å². The Hall–Kier alpha value is -4.10. The number of aliphatic hydroxyl groups excluding tert-OH is 1. The number of anilines is 1. The highest BCUT2D eigenvalue weighted by atomic mass is 35.5. The fourth-order valence-electron chi connectivity index (χ4n) is 4.14. The van der Waals surface area contributed by atoms with E-state index in [1.54, 1.807) is 42.5 Å². The van der Waals surface area contributed by atoms with Crippen LogP contribution in [0.2, 0.25) is 5.02 Å². The van der Waals surface area contributed by atoms with Crippen LogP contribution in [0.25, 0.3) is 5.76 Å². The Bertz CT molecular complexity index is 1410. The minimum atomic E-state index is -0.931. The maximum atomic E-state index is 13.3. The van der Waals surface area contributed by atoms with Gasteiger partial charge in [0.1, 0.15) is 17.3 Å². The molecule has 0 bridgehead atoms. The summed E-state index contributed by atoms with van der Waals surface area (Å²) in [5, 5.41) is 11.5. The number of carbonyl (C=O) groups excluding carboxylic acids is 3. The summed E-state index contributed by atoms with van der Waals surface area (Å²) in [6, 6.07) is 15.6. The molecule has 184 valence electrons. The number of hydrogen-bond acceptors (Lipinski definition) is 6. The molecule has 1 N–H and O–H groups in total. The minimum Gasteiger partial charge on any atom is -0.507 e. The lowest BCUT2D eigenvalue weighted by atomic mass is 9.95. The van der Waals surface area contributed by atoms with Gasteiger partial charge in [0, 0.05) is 18.2 Å². The largest absolute Gasteiger partial charge is 0.507 e. The van der Waals surface area contributed by atoms with Gasteiger partial charge in [0.2, 0.25) is 0 Å². The summed E-state index contributed by atoms with van der Waals surface area (Å²) >= 11 is 6.25. The van der Waals surface area contributed by atoms with Crippen LogP contribution in [0.15, 0.2) is 66.2 Å². The molecule has 36 heavy (non-hydrogen) atoms. The molecule has 1 aliphatic rings. The van der Waals surface area contributed by atoms with Crippen molar-refractivity contribution in [1.82, 2.24) is 0 Å². The molecular weight excluding hydrogens is 482 g/mol. The third-order valence-electron chi connectivity index (χ3n) is 6.10. The van der Waals surface area contributed by atoms with E-state index in [-0.39, 0.29) is 21.9 Å². The van der Waals surface area contributed by atoms with Gasteiger partial charge < -0.3 is 14.6 Å². The zero-order valence-electron chi connectivity index (χ0n) is 20.2. The monoisotopic (exact) mass is 505 g/mol. The van der Waals surface area contributed by atoms with Crippen LogP contribution < -0.4 is 14.4 Å². The number of aliphatic hydroxyl groups is 1. The first-order chi connectivity index (χ1) is 17.1. The average molecular weight is 506 g/mol. The summed E-state index contributed by atoms with van der Waals surface area (Å²) in [4.78, 5) is 39.3. The van der Waals surface area contributed by atoms with Gasteiger partial charge in [-0.25, -0.2) is 0 Å². The van der Waals surface area contributed by atoms with Gasteiger partial charge >= 0.3 is 5.97 Å². The molecule has 0 aliphatic carbocycles. The maximum Gasteiger partial charge on any atom is 0.308 e. The van der Waals surface area contributed by atoms with Crippen LogP contribution in [0.3, 0.4) is 0 Å². The van der Waals surface area contributed by atoms with Crippen molar-refractivity contribution in [2.24, 2.45) is 0 Å². The number of Topliss-reactive ketones (excluding diaryl/α,β-unsaturated/α-hetero) is 1. The highest BCUT2D eigenvalue weighted by Crippen LogP contribution is 2.43. The van der Waals surface area contributed by atoms with Crippen molar-refractivity contribution in [3.63, 3.8) is 0 Å². The van der Waals surface area contributed by atoms with E-state index < -0.39 is 23.7 Å². The number of amides is 1. The van der Waals surface area contributed by atoms with Crippen LogP contribution in [-0.2, 0) is 14.4 Å². The fraction of sp³-hybridized carbons (Fsp3) is 0.179. The first-order valence-electron chi connectivity index (χ1n) is 11.1. The van der Waals surface area contributed by atoms with Crippen molar-refractivity contribution in [3.8, 4) is 11.5 Å². The lowest BCUT2D eigenvalue weighted by Crippen LogP contribution is -2.29. The lowest BCUT2D eigenvalue weighted by Gasteiger charge is -2.26. The van der Waals surface area contributed by atoms with Gasteiger partial charge in [-0.15, -0.1) is 0 Å². The van der Waals surface area contributed by atoms with Crippen LogP contribution in [0.1, 0.15) is 35.2 Å². The fourth-order valence-corrected chi connectivity index (χ4v) is 4.40. The van der Waals surface area contributed by atoms with Crippen LogP contribution >= 0.6 is 11.6 Å². The molecule has 3 aromatic carbocycles. The standard InChI is InChI=1S/C28H24ClNO6/c1-15-5-9-20(13-16(15)2)30-25(18-6-10-21(11-7-18)36-17(3)31)24(27(33)28(30)34)26(32)19-8-12-23(35-4)22(29)14-19/h5-14,25,32H,1-4H3/b26-24+. The molecule has 1 unspecified atom stereocenters. The van der Waals surface area contributed by atoms with Gasteiger partial charge in [-0.1, -0.05) is 29.8 Å². The summed E-state index contributed by atoms with van der Waals surface area (Å²) in [5.41, 5.74) is 3.22. The Morgan fingerprint density at radius 2 is 1.67 bits per heavy atom. The molecule has 8 heteroatoms. The number of esters is 1. The van der Waals surface area contributed by atoms with Crippen LogP contribution in [0.4, 0.5) is 5.69 Å². The van der Waals surface area contributed by atoms with Crippen LogP contribution in [-0.4, -0.2) is 29.9 Å². The Kier molecular flexibility index (Phi) is 6.86. The van der Waals surface area contributed by atoms with Crippen molar-refractivity contribution >= 4 is 40.7 Å². The van der Waals surface area contributed by atoms with E-state index in [0.29, 0.717) is 22.7 Å². The number of halogens is 1.